The zero-order chi connectivity index (χ0) is 17.8. The Morgan fingerprint density at radius 3 is 2.76 bits per heavy atom. The summed E-state index contributed by atoms with van der Waals surface area (Å²) in [5, 5.41) is 0. The molecule has 2 aromatic rings. The highest BCUT2D eigenvalue weighted by Crippen LogP contribution is 2.29. The molecule has 9 heteroatoms. The number of nitrogens with one attached hydrogen (secondary N) is 1. The monoisotopic (exact) mass is 363 g/mol. The van der Waals surface area contributed by atoms with Crippen LogP contribution < -0.4 is 15.8 Å². The number of benzene rings is 1. The average molecular weight is 363 g/mol. The fourth-order valence-electron chi connectivity index (χ4n) is 2.25. The van der Waals surface area contributed by atoms with Gasteiger partial charge in [-0.25, -0.2) is 9.32 Å². The third kappa shape index (κ3) is 4.30. The van der Waals surface area contributed by atoms with E-state index in [1.54, 1.807) is 43.3 Å². The maximum absolute atomic E-state index is 11.9. The van der Waals surface area contributed by atoms with Crippen molar-refractivity contribution in [2.75, 3.05) is 6.61 Å². The predicted molar refractivity (Wildman–Crippen MR) is 89.7 cm³/mol. The normalized spacial score (nSPS) is 19.8. The molecule has 8 nitrogen and oxygen atoms in total. The van der Waals surface area contributed by atoms with Gasteiger partial charge in [0.2, 0.25) is 0 Å². The van der Waals surface area contributed by atoms with Gasteiger partial charge in [-0.2, -0.15) is 0 Å². The molecule has 1 aliphatic heterocycles. The molecule has 0 radical (unpaired) electrons. The minimum absolute atomic E-state index is 0.00607. The van der Waals surface area contributed by atoms with Crippen molar-refractivity contribution < 1.29 is 18.3 Å². The summed E-state index contributed by atoms with van der Waals surface area (Å²) >= 11 is 0. The first-order valence-corrected chi connectivity index (χ1v) is 8.61. The van der Waals surface area contributed by atoms with Gasteiger partial charge in [0.25, 0.3) is 5.56 Å². The van der Waals surface area contributed by atoms with E-state index in [-0.39, 0.29) is 6.61 Å². The van der Waals surface area contributed by atoms with Crippen LogP contribution in [0.15, 0.2) is 58.3 Å². The maximum atomic E-state index is 11.9. The second-order valence-corrected chi connectivity index (χ2v) is 6.24. The van der Waals surface area contributed by atoms with Crippen molar-refractivity contribution in [2.24, 2.45) is 0 Å². The third-order valence-electron chi connectivity index (χ3n) is 3.49. The molecule has 1 aromatic carbocycles. The summed E-state index contributed by atoms with van der Waals surface area (Å²) in [6.45, 7) is 1.60. The molecule has 0 fully saturated rings. The van der Waals surface area contributed by atoms with E-state index in [0.29, 0.717) is 11.3 Å². The zero-order valence-corrected chi connectivity index (χ0v) is 14.2. The largest absolute Gasteiger partial charge is 0.750 e. The van der Waals surface area contributed by atoms with Crippen molar-refractivity contribution >= 4 is 8.25 Å². The van der Waals surface area contributed by atoms with E-state index < -0.39 is 31.8 Å². The van der Waals surface area contributed by atoms with Crippen LogP contribution in [0.2, 0.25) is 0 Å². The van der Waals surface area contributed by atoms with Crippen LogP contribution in [0, 0.1) is 6.92 Å². The Morgan fingerprint density at radius 1 is 1.24 bits per heavy atom. The molecule has 2 unspecified atom stereocenters. The standard InChI is InChI=1S/C16H15N2O6P/c1-11-9-18(16(20)17-15(11)19)14-8-7-13(23-14)10-22-25(21)24-12-5-3-2-4-6-12/h2-9,13-14H,10H2,1H3/p+1/t13-,14?/m0/s1. The lowest BCUT2D eigenvalue weighted by Crippen LogP contribution is -2.33. The molecule has 0 saturated carbocycles. The van der Waals surface area contributed by atoms with Crippen molar-refractivity contribution in [1.82, 2.24) is 9.55 Å². The lowest BCUT2D eigenvalue weighted by molar-refractivity contribution is -0.00565. The first-order valence-electron chi connectivity index (χ1n) is 7.52. The smallest absolute Gasteiger partial charge is 0.344 e. The molecule has 1 N–H and O–H groups in total. The lowest BCUT2D eigenvalue weighted by Gasteiger charge is -2.14. The van der Waals surface area contributed by atoms with Crippen LogP contribution >= 0.6 is 8.25 Å². The van der Waals surface area contributed by atoms with Gasteiger partial charge in [0.15, 0.2) is 12.0 Å². The Bertz CT molecular complexity index is 905. The number of para-hydroxylation sites is 1. The topological polar surface area (TPSA) is 99.6 Å². The summed E-state index contributed by atoms with van der Waals surface area (Å²) in [7, 11) is -2.34. The van der Waals surface area contributed by atoms with Crippen molar-refractivity contribution in [3.05, 3.63) is 75.1 Å². The molecule has 130 valence electrons. The molecule has 0 amide bonds. The van der Waals surface area contributed by atoms with E-state index in [9.17, 15) is 14.2 Å². The van der Waals surface area contributed by atoms with Crippen molar-refractivity contribution in [3.63, 3.8) is 0 Å². The Hall–Kier alpha value is -2.54. The van der Waals surface area contributed by atoms with Gasteiger partial charge in [-0.15, -0.1) is 4.52 Å². The second kappa shape index (κ2) is 7.57. The van der Waals surface area contributed by atoms with Crippen LogP contribution in [-0.4, -0.2) is 22.3 Å². The van der Waals surface area contributed by atoms with Crippen LogP contribution in [0.4, 0.5) is 0 Å². The minimum Gasteiger partial charge on any atom is -0.344 e. The predicted octanol–water partition coefficient (Wildman–Crippen LogP) is 2.05. The molecular weight excluding hydrogens is 347 g/mol. The molecule has 3 atom stereocenters. The van der Waals surface area contributed by atoms with Gasteiger partial charge in [0.05, 0.1) is 0 Å². The highest BCUT2D eigenvalue weighted by atomic mass is 31.1. The van der Waals surface area contributed by atoms with Crippen LogP contribution in [0.5, 0.6) is 5.75 Å². The zero-order valence-electron chi connectivity index (χ0n) is 13.3. The van der Waals surface area contributed by atoms with E-state index in [0.717, 1.165) is 0 Å². The van der Waals surface area contributed by atoms with E-state index >= 15 is 0 Å². The fourth-order valence-corrected chi connectivity index (χ4v) is 2.86. The Morgan fingerprint density at radius 2 is 2.00 bits per heavy atom. The van der Waals surface area contributed by atoms with E-state index in [1.807, 2.05) is 6.07 Å². The first-order chi connectivity index (χ1) is 12.0. The molecule has 0 aliphatic carbocycles. The summed E-state index contributed by atoms with van der Waals surface area (Å²) in [5.74, 6) is 0.444. The molecule has 1 aromatic heterocycles. The van der Waals surface area contributed by atoms with Gasteiger partial charge < -0.3 is 4.74 Å². The van der Waals surface area contributed by atoms with Crippen molar-refractivity contribution in [2.45, 2.75) is 19.3 Å². The molecule has 25 heavy (non-hydrogen) atoms. The van der Waals surface area contributed by atoms with Gasteiger partial charge in [-0.05, 0) is 25.1 Å². The molecule has 0 bridgehead atoms. The highest BCUT2D eigenvalue weighted by Gasteiger charge is 2.28. The number of rotatable bonds is 6. The first kappa shape index (κ1) is 17.3. The Labute approximate surface area is 143 Å². The Kier molecular flexibility index (Phi) is 5.23. The lowest BCUT2D eigenvalue weighted by atomic mass is 10.3. The van der Waals surface area contributed by atoms with E-state index in [2.05, 4.69) is 4.98 Å². The number of ether oxygens (including phenoxy) is 1. The van der Waals surface area contributed by atoms with Gasteiger partial charge in [-0.1, -0.05) is 24.3 Å². The van der Waals surface area contributed by atoms with Gasteiger partial charge in [-0.3, -0.25) is 14.3 Å². The molecular formula is C16H16N2O6P+. The van der Waals surface area contributed by atoms with Crippen LogP contribution in [-0.2, 0) is 13.8 Å². The number of aromatic nitrogens is 2. The fraction of sp³-hybridized carbons (Fsp3) is 0.250. The minimum atomic E-state index is -2.34. The van der Waals surface area contributed by atoms with Gasteiger partial charge in [0, 0.05) is 16.3 Å². The van der Waals surface area contributed by atoms with Crippen molar-refractivity contribution in [1.29, 1.82) is 0 Å². The van der Waals surface area contributed by atoms with Crippen LogP contribution in [0.1, 0.15) is 11.8 Å². The third-order valence-corrected chi connectivity index (χ3v) is 4.21. The summed E-state index contributed by atoms with van der Waals surface area (Å²) < 4.78 is 29.0. The number of hydrogen-bond acceptors (Lipinski definition) is 6. The highest BCUT2D eigenvalue weighted by molar-refractivity contribution is 7.33. The number of aromatic amines is 1. The van der Waals surface area contributed by atoms with Crippen LogP contribution in [0.3, 0.4) is 0 Å². The number of H-pyrrole nitrogens is 1. The second-order valence-electron chi connectivity index (χ2n) is 5.35. The van der Waals surface area contributed by atoms with Gasteiger partial charge >= 0.3 is 13.9 Å². The average Bonchev–Trinajstić information content (AvgIpc) is 3.06. The molecule has 0 spiro atoms. The molecule has 3 rings (SSSR count). The number of aryl methyl sites for hydroxylation is 1. The number of nitrogens with zero attached hydrogens (tertiary/aromatic N) is 1. The summed E-state index contributed by atoms with van der Waals surface area (Å²) in [4.78, 5) is 25.5. The molecule has 0 saturated heterocycles. The summed E-state index contributed by atoms with van der Waals surface area (Å²) in [6.07, 6.45) is 3.65. The quantitative estimate of drug-likeness (QED) is 0.623. The summed E-state index contributed by atoms with van der Waals surface area (Å²) in [6, 6.07) is 8.68. The van der Waals surface area contributed by atoms with Crippen LogP contribution in [0.25, 0.3) is 0 Å². The maximum Gasteiger partial charge on any atom is 0.750 e. The van der Waals surface area contributed by atoms with E-state index in [1.165, 1.54) is 10.8 Å². The van der Waals surface area contributed by atoms with Gasteiger partial charge in [0.1, 0.15) is 12.7 Å². The SMILES string of the molecule is Cc1cn(C2C=C[C@@H](CO[P+](=O)Oc3ccccc3)O2)c(=O)[nH]c1=O. The molecule has 2 heterocycles. The Balaban J connectivity index is 1.55. The number of hydrogen-bond donors (Lipinski definition) is 1. The summed E-state index contributed by atoms with van der Waals surface area (Å²) in [5.41, 5.74) is -0.598. The molecule has 1 aliphatic rings. The van der Waals surface area contributed by atoms with Crippen molar-refractivity contribution in [3.8, 4) is 5.75 Å². The van der Waals surface area contributed by atoms with E-state index in [4.69, 9.17) is 13.8 Å².